The second kappa shape index (κ2) is 53.5. The number of hydrogen-bond donors (Lipinski definition) is 0. The van der Waals surface area contributed by atoms with Crippen LogP contribution in [-0.4, -0.2) is 37.2 Å². The SMILES string of the molecule is CCCCC/C=C\C/C=C\C/C=C\CCCCC(=O)OC[C@@H](COC(=O)CCCCCCCCC/C=C\C/C=C\CCCCC)OC(=O)CCCCCCCCC/C=C\CCCCCC. The Morgan fingerprint density at radius 2 is 0.554 bits per heavy atom. The Kier molecular flexibility index (Phi) is 50.9. The molecule has 0 heterocycles. The van der Waals surface area contributed by atoms with Gasteiger partial charge in [0.25, 0.3) is 0 Å². The van der Waals surface area contributed by atoms with Crippen LogP contribution in [0, 0.1) is 0 Å². The van der Waals surface area contributed by atoms with E-state index in [-0.39, 0.29) is 31.1 Å². The van der Waals surface area contributed by atoms with Crippen LogP contribution in [-0.2, 0) is 28.6 Å². The van der Waals surface area contributed by atoms with Crippen molar-refractivity contribution in [1.82, 2.24) is 0 Å². The van der Waals surface area contributed by atoms with Crippen LogP contribution >= 0.6 is 0 Å². The lowest BCUT2D eigenvalue weighted by Gasteiger charge is -2.18. The van der Waals surface area contributed by atoms with E-state index in [1.165, 1.54) is 141 Å². The number of rotatable bonds is 49. The van der Waals surface area contributed by atoms with E-state index in [9.17, 15) is 14.4 Å². The van der Waals surface area contributed by atoms with Crippen LogP contribution in [0.3, 0.4) is 0 Å². The smallest absolute Gasteiger partial charge is 0.306 e. The van der Waals surface area contributed by atoms with Crippen LogP contribution in [0.2, 0.25) is 0 Å². The molecule has 0 aliphatic carbocycles. The third-order valence-corrected chi connectivity index (χ3v) is 11.7. The van der Waals surface area contributed by atoms with Gasteiger partial charge in [0.05, 0.1) is 0 Å². The zero-order valence-corrected chi connectivity index (χ0v) is 42.7. The van der Waals surface area contributed by atoms with E-state index in [4.69, 9.17) is 14.2 Å². The van der Waals surface area contributed by atoms with Gasteiger partial charge < -0.3 is 14.2 Å². The molecule has 0 aliphatic rings. The Morgan fingerprint density at radius 1 is 0.308 bits per heavy atom. The number of allylic oxidation sites excluding steroid dienone is 12. The van der Waals surface area contributed by atoms with Crippen LogP contribution in [0.5, 0.6) is 0 Å². The molecular formula is C59H102O6. The molecule has 0 unspecified atom stereocenters. The fourth-order valence-corrected chi connectivity index (χ4v) is 7.47. The van der Waals surface area contributed by atoms with Gasteiger partial charge in [-0.05, 0) is 116 Å². The fraction of sp³-hybridized carbons (Fsp3) is 0.746. The standard InChI is InChI=1S/C59H102O6/c1-4-7-10-13-16-19-22-25-28-29-32-34-37-40-43-46-49-52-58(61)64-55-56(65-59(62)53-50-47-44-41-38-35-31-27-24-21-18-15-12-9-6-3)54-63-57(60)51-48-45-42-39-36-33-30-26-23-20-17-14-11-8-5-2/h16-17,19-21,24-26,28,30,36,39,56H,4-15,18,22-23,27,29,31-35,37-38,40-55H2,1-3H3/b19-16-,20-17-,24-21-,28-25-,30-26-,39-36-/t56-/m0/s1. The average Bonchev–Trinajstić information content (AvgIpc) is 3.30. The van der Waals surface area contributed by atoms with Crippen molar-refractivity contribution >= 4 is 17.9 Å². The highest BCUT2D eigenvalue weighted by Crippen LogP contribution is 2.14. The van der Waals surface area contributed by atoms with Gasteiger partial charge in [0.2, 0.25) is 0 Å². The minimum absolute atomic E-state index is 0.0932. The van der Waals surface area contributed by atoms with Gasteiger partial charge in [-0.2, -0.15) is 0 Å². The second-order valence-electron chi connectivity index (χ2n) is 18.1. The summed E-state index contributed by atoms with van der Waals surface area (Å²) in [6.45, 7) is 6.54. The van der Waals surface area contributed by atoms with Crippen molar-refractivity contribution in [2.75, 3.05) is 13.2 Å². The van der Waals surface area contributed by atoms with E-state index in [1.807, 2.05) is 0 Å². The number of hydrogen-bond acceptors (Lipinski definition) is 6. The lowest BCUT2D eigenvalue weighted by molar-refractivity contribution is -0.167. The molecule has 0 spiro atoms. The van der Waals surface area contributed by atoms with Gasteiger partial charge in [0.15, 0.2) is 6.10 Å². The van der Waals surface area contributed by atoms with Crippen LogP contribution < -0.4 is 0 Å². The maximum Gasteiger partial charge on any atom is 0.306 e. The molecule has 6 heteroatoms. The Bertz CT molecular complexity index is 1230. The summed E-state index contributed by atoms with van der Waals surface area (Å²) >= 11 is 0. The highest BCUT2D eigenvalue weighted by atomic mass is 16.6. The van der Waals surface area contributed by atoms with Crippen LogP contribution in [0.1, 0.15) is 265 Å². The highest BCUT2D eigenvalue weighted by Gasteiger charge is 2.19. The molecule has 0 aromatic heterocycles. The molecule has 374 valence electrons. The van der Waals surface area contributed by atoms with Gasteiger partial charge in [-0.1, -0.05) is 203 Å². The van der Waals surface area contributed by atoms with Crippen LogP contribution in [0.4, 0.5) is 0 Å². The molecule has 0 bridgehead atoms. The second-order valence-corrected chi connectivity index (χ2v) is 18.1. The Morgan fingerprint density at radius 3 is 0.938 bits per heavy atom. The highest BCUT2D eigenvalue weighted by molar-refractivity contribution is 5.71. The predicted octanol–water partition coefficient (Wildman–Crippen LogP) is 18.2. The Labute approximate surface area is 402 Å². The Balaban J connectivity index is 4.45. The monoisotopic (exact) mass is 907 g/mol. The van der Waals surface area contributed by atoms with Gasteiger partial charge in [-0.15, -0.1) is 0 Å². The normalized spacial score (nSPS) is 12.6. The van der Waals surface area contributed by atoms with Crippen molar-refractivity contribution in [2.45, 2.75) is 271 Å². The van der Waals surface area contributed by atoms with E-state index >= 15 is 0 Å². The molecule has 0 saturated heterocycles. The van der Waals surface area contributed by atoms with Crippen molar-refractivity contribution in [1.29, 1.82) is 0 Å². The van der Waals surface area contributed by atoms with E-state index in [1.54, 1.807) is 0 Å². The van der Waals surface area contributed by atoms with E-state index in [0.29, 0.717) is 19.3 Å². The molecule has 0 aromatic carbocycles. The summed E-state index contributed by atoms with van der Waals surface area (Å²) in [5.74, 6) is -0.940. The average molecular weight is 907 g/mol. The summed E-state index contributed by atoms with van der Waals surface area (Å²) in [5, 5.41) is 0. The van der Waals surface area contributed by atoms with Crippen molar-refractivity contribution < 1.29 is 28.6 Å². The summed E-state index contributed by atoms with van der Waals surface area (Å²) in [4.78, 5) is 38.1. The fourth-order valence-electron chi connectivity index (χ4n) is 7.47. The molecule has 0 amide bonds. The summed E-state index contributed by atoms with van der Waals surface area (Å²) < 4.78 is 16.8. The molecule has 65 heavy (non-hydrogen) atoms. The molecule has 0 rings (SSSR count). The Hall–Kier alpha value is -3.15. The van der Waals surface area contributed by atoms with Crippen molar-refractivity contribution in [3.05, 3.63) is 72.9 Å². The van der Waals surface area contributed by atoms with E-state index < -0.39 is 6.10 Å². The first kappa shape index (κ1) is 61.9. The number of unbranched alkanes of at least 4 members (excludes halogenated alkanes) is 26. The molecule has 0 aliphatic heterocycles. The van der Waals surface area contributed by atoms with Gasteiger partial charge in [0.1, 0.15) is 13.2 Å². The lowest BCUT2D eigenvalue weighted by atomic mass is 10.1. The third-order valence-electron chi connectivity index (χ3n) is 11.7. The molecule has 0 N–H and O–H groups in total. The maximum absolute atomic E-state index is 12.8. The van der Waals surface area contributed by atoms with E-state index in [2.05, 4.69) is 93.7 Å². The number of esters is 3. The maximum atomic E-state index is 12.8. The molecule has 6 nitrogen and oxygen atoms in total. The van der Waals surface area contributed by atoms with Gasteiger partial charge in [-0.3, -0.25) is 14.4 Å². The van der Waals surface area contributed by atoms with E-state index in [0.717, 1.165) is 83.5 Å². The first-order valence-corrected chi connectivity index (χ1v) is 27.4. The summed E-state index contributed by atoms with van der Waals surface area (Å²) in [6, 6.07) is 0. The van der Waals surface area contributed by atoms with Crippen molar-refractivity contribution in [3.8, 4) is 0 Å². The number of carbonyl (C=O) groups excluding carboxylic acids is 3. The molecular weight excluding hydrogens is 805 g/mol. The van der Waals surface area contributed by atoms with Crippen LogP contribution in [0.25, 0.3) is 0 Å². The molecule has 0 fully saturated rings. The summed E-state index contributed by atoms with van der Waals surface area (Å²) in [5.41, 5.74) is 0. The van der Waals surface area contributed by atoms with Gasteiger partial charge in [0, 0.05) is 19.3 Å². The number of carbonyl (C=O) groups is 3. The van der Waals surface area contributed by atoms with Gasteiger partial charge in [-0.25, -0.2) is 0 Å². The number of ether oxygens (including phenoxy) is 3. The third kappa shape index (κ3) is 51.7. The molecule has 0 saturated carbocycles. The quantitative estimate of drug-likeness (QED) is 0.0262. The summed E-state index contributed by atoms with van der Waals surface area (Å²) in [6.07, 6.45) is 67.4. The zero-order valence-electron chi connectivity index (χ0n) is 42.7. The first-order chi connectivity index (χ1) is 32.0. The predicted molar refractivity (Wildman–Crippen MR) is 279 cm³/mol. The first-order valence-electron chi connectivity index (χ1n) is 27.4. The van der Waals surface area contributed by atoms with Crippen molar-refractivity contribution in [3.63, 3.8) is 0 Å². The minimum Gasteiger partial charge on any atom is -0.462 e. The van der Waals surface area contributed by atoms with Crippen molar-refractivity contribution in [2.24, 2.45) is 0 Å². The largest absolute Gasteiger partial charge is 0.462 e. The molecule has 0 radical (unpaired) electrons. The summed E-state index contributed by atoms with van der Waals surface area (Å²) in [7, 11) is 0. The minimum atomic E-state index is -0.796. The lowest BCUT2D eigenvalue weighted by Crippen LogP contribution is -2.30. The topological polar surface area (TPSA) is 78.9 Å². The van der Waals surface area contributed by atoms with Gasteiger partial charge >= 0.3 is 17.9 Å². The van der Waals surface area contributed by atoms with Crippen LogP contribution in [0.15, 0.2) is 72.9 Å². The molecule has 0 aromatic rings. The zero-order chi connectivity index (χ0) is 47.2. The molecule has 1 atom stereocenters.